The highest BCUT2D eigenvalue weighted by Crippen LogP contribution is 2.26. The number of anilines is 2. The summed E-state index contributed by atoms with van der Waals surface area (Å²) >= 11 is 0. The van der Waals surface area contributed by atoms with Gasteiger partial charge in [0.15, 0.2) is 5.82 Å². The van der Waals surface area contributed by atoms with E-state index in [9.17, 15) is 4.79 Å². The third-order valence-corrected chi connectivity index (χ3v) is 4.93. The Bertz CT molecular complexity index is 1450. The summed E-state index contributed by atoms with van der Waals surface area (Å²) in [6.45, 7) is 5.63. The summed E-state index contributed by atoms with van der Waals surface area (Å²) in [5.41, 5.74) is 14.0. The topological polar surface area (TPSA) is 156 Å². The average molecular weight is 445 g/mol. The number of para-hydroxylation sites is 1. The van der Waals surface area contributed by atoms with Gasteiger partial charge in [-0.2, -0.15) is 10.1 Å². The van der Waals surface area contributed by atoms with E-state index in [0.717, 1.165) is 17.1 Å². The van der Waals surface area contributed by atoms with Gasteiger partial charge in [0.05, 0.1) is 5.69 Å². The van der Waals surface area contributed by atoms with Crippen LogP contribution in [0.5, 0.6) is 0 Å². The molecule has 5 rings (SSSR count). The summed E-state index contributed by atoms with van der Waals surface area (Å²) in [5, 5.41) is 8.15. The number of hydrogen-bond acceptors (Lipinski definition) is 9. The van der Waals surface area contributed by atoms with Crippen LogP contribution in [0.2, 0.25) is 0 Å². The molecule has 168 valence electrons. The lowest BCUT2D eigenvalue weighted by atomic mass is 10.3. The van der Waals surface area contributed by atoms with Crippen molar-refractivity contribution in [1.82, 2.24) is 34.3 Å². The molecular formula is C22H23N9O2. The van der Waals surface area contributed by atoms with Crippen molar-refractivity contribution in [3.8, 4) is 17.1 Å². The molecule has 0 aliphatic rings. The van der Waals surface area contributed by atoms with Gasteiger partial charge in [0.2, 0.25) is 0 Å². The minimum absolute atomic E-state index is 0.0134. The van der Waals surface area contributed by atoms with Crippen LogP contribution >= 0.6 is 0 Å². The first-order valence-corrected chi connectivity index (χ1v) is 10.2. The Morgan fingerprint density at radius 3 is 2.33 bits per heavy atom. The molecule has 5 aromatic rings. The Morgan fingerprint density at radius 1 is 1.03 bits per heavy atom. The van der Waals surface area contributed by atoms with Crippen molar-refractivity contribution in [2.45, 2.75) is 27.2 Å². The van der Waals surface area contributed by atoms with Crippen LogP contribution in [-0.2, 0) is 6.42 Å². The highest BCUT2D eigenvalue weighted by molar-refractivity contribution is 5.76. The molecule has 0 radical (unpaired) electrons. The molecule has 4 heterocycles. The van der Waals surface area contributed by atoms with Crippen LogP contribution in [-0.4, -0.2) is 34.3 Å². The van der Waals surface area contributed by atoms with Crippen LogP contribution < -0.4 is 17.0 Å². The van der Waals surface area contributed by atoms with E-state index in [1.54, 1.807) is 16.0 Å². The lowest BCUT2D eigenvalue weighted by Crippen LogP contribution is -2.26. The molecule has 11 heteroatoms. The Labute approximate surface area is 188 Å². The minimum Gasteiger partial charge on any atom is -0.383 e. The third-order valence-electron chi connectivity index (χ3n) is 4.93. The number of fused-ring (bicyclic) bond motifs is 1. The highest BCUT2D eigenvalue weighted by atomic mass is 16.5. The molecule has 0 aliphatic heterocycles. The van der Waals surface area contributed by atoms with Crippen molar-refractivity contribution in [1.29, 1.82) is 0 Å². The van der Waals surface area contributed by atoms with Crippen LogP contribution in [0.25, 0.3) is 22.7 Å². The van der Waals surface area contributed by atoms with E-state index in [4.69, 9.17) is 16.0 Å². The van der Waals surface area contributed by atoms with E-state index in [1.165, 1.54) is 6.33 Å². The van der Waals surface area contributed by atoms with E-state index in [0.29, 0.717) is 23.3 Å². The number of benzene rings is 1. The van der Waals surface area contributed by atoms with E-state index in [1.807, 2.05) is 56.4 Å². The van der Waals surface area contributed by atoms with Gasteiger partial charge < -0.3 is 16.0 Å². The molecule has 4 aromatic heterocycles. The van der Waals surface area contributed by atoms with Crippen LogP contribution in [0.3, 0.4) is 0 Å². The maximum atomic E-state index is 12.7. The monoisotopic (exact) mass is 445 g/mol. The van der Waals surface area contributed by atoms with Gasteiger partial charge >= 0.3 is 0 Å². The summed E-state index contributed by atoms with van der Waals surface area (Å²) in [4.78, 5) is 24.2. The zero-order valence-corrected chi connectivity index (χ0v) is 18.4. The summed E-state index contributed by atoms with van der Waals surface area (Å²) in [7, 11) is 0. The summed E-state index contributed by atoms with van der Waals surface area (Å²) in [5.74, 6) is 1.95. The zero-order chi connectivity index (χ0) is 23.5. The molecular weight excluding hydrogens is 422 g/mol. The number of aryl methyl sites for hydroxylation is 3. The SMILES string of the molecule is CCc1nn2ccc(C)c2c(=O)n1-c1ccccc1.Cc1noc(-c2c(N)ncnc2N)n1. The molecule has 0 fully saturated rings. The summed E-state index contributed by atoms with van der Waals surface area (Å²) < 4.78 is 8.28. The van der Waals surface area contributed by atoms with E-state index in [2.05, 4.69) is 25.2 Å². The molecule has 4 N–H and O–H groups in total. The van der Waals surface area contributed by atoms with Gasteiger partial charge in [0.1, 0.15) is 34.9 Å². The second-order valence-corrected chi connectivity index (χ2v) is 7.20. The minimum atomic E-state index is -0.0134. The first-order valence-electron chi connectivity index (χ1n) is 10.2. The molecule has 0 spiro atoms. The summed E-state index contributed by atoms with van der Waals surface area (Å²) in [6.07, 6.45) is 3.81. The van der Waals surface area contributed by atoms with Crippen molar-refractivity contribution in [3.63, 3.8) is 0 Å². The average Bonchev–Trinajstić information content (AvgIpc) is 3.40. The van der Waals surface area contributed by atoms with Crippen LogP contribution in [0.15, 0.2) is 58.2 Å². The van der Waals surface area contributed by atoms with Crippen molar-refractivity contribution in [2.75, 3.05) is 11.5 Å². The van der Waals surface area contributed by atoms with Crippen molar-refractivity contribution < 1.29 is 4.52 Å². The standard InChI is InChI=1S/C15H15N3O.C7H8N6O/c1-3-13-16-17-10-9-11(2)14(17)15(19)18(13)12-7-5-4-6-8-12;1-3-12-7(14-13-3)4-5(8)10-2-11-6(4)9/h4-10H,3H2,1-2H3;2H,1H3,(H4,8,9,10,11). The van der Waals surface area contributed by atoms with Gasteiger partial charge in [-0.15, -0.1) is 0 Å². The second-order valence-electron chi connectivity index (χ2n) is 7.20. The molecule has 1 aromatic carbocycles. The Kier molecular flexibility index (Phi) is 5.85. The van der Waals surface area contributed by atoms with Crippen molar-refractivity contribution >= 4 is 17.2 Å². The molecule has 0 atom stereocenters. The number of aromatic nitrogens is 7. The number of nitrogen functional groups attached to an aromatic ring is 2. The van der Waals surface area contributed by atoms with Gasteiger partial charge in [-0.1, -0.05) is 30.3 Å². The Hall–Kier alpha value is -4.54. The van der Waals surface area contributed by atoms with Crippen LogP contribution in [0.4, 0.5) is 11.6 Å². The molecule has 0 saturated carbocycles. The Morgan fingerprint density at radius 2 is 1.73 bits per heavy atom. The first-order chi connectivity index (χ1) is 15.9. The third kappa shape index (κ3) is 4.15. The van der Waals surface area contributed by atoms with Crippen molar-refractivity contribution in [2.24, 2.45) is 0 Å². The highest BCUT2D eigenvalue weighted by Gasteiger charge is 2.15. The van der Waals surface area contributed by atoms with Gasteiger partial charge in [-0.3, -0.25) is 9.36 Å². The first kappa shape index (κ1) is 21.7. The fourth-order valence-corrected chi connectivity index (χ4v) is 3.36. The van der Waals surface area contributed by atoms with Crippen LogP contribution in [0, 0.1) is 13.8 Å². The number of rotatable bonds is 3. The lowest BCUT2D eigenvalue weighted by Gasteiger charge is -2.11. The van der Waals surface area contributed by atoms with Gasteiger partial charge in [-0.05, 0) is 37.6 Å². The molecule has 0 saturated heterocycles. The van der Waals surface area contributed by atoms with E-state index < -0.39 is 0 Å². The lowest BCUT2D eigenvalue weighted by molar-refractivity contribution is 0.425. The fourth-order valence-electron chi connectivity index (χ4n) is 3.36. The molecule has 0 amide bonds. The molecule has 11 nitrogen and oxygen atoms in total. The summed E-state index contributed by atoms with van der Waals surface area (Å²) in [6, 6.07) is 11.6. The molecule has 0 bridgehead atoms. The number of hydrogen-bond donors (Lipinski definition) is 2. The predicted octanol–water partition coefficient (Wildman–Crippen LogP) is 2.36. The molecule has 0 unspecified atom stereocenters. The smallest absolute Gasteiger partial charge is 0.282 e. The number of nitrogens with two attached hydrogens (primary N) is 2. The zero-order valence-electron chi connectivity index (χ0n) is 18.4. The van der Waals surface area contributed by atoms with E-state index >= 15 is 0 Å². The van der Waals surface area contributed by atoms with Crippen LogP contribution in [0.1, 0.15) is 24.1 Å². The quantitative estimate of drug-likeness (QED) is 0.425. The Balaban J connectivity index is 0.000000165. The predicted molar refractivity (Wildman–Crippen MR) is 124 cm³/mol. The maximum Gasteiger partial charge on any atom is 0.282 e. The van der Waals surface area contributed by atoms with Gasteiger partial charge in [0, 0.05) is 12.6 Å². The van der Waals surface area contributed by atoms with Crippen molar-refractivity contribution in [3.05, 3.63) is 76.5 Å². The van der Waals surface area contributed by atoms with Gasteiger partial charge in [-0.25, -0.2) is 14.5 Å². The molecule has 33 heavy (non-hydrogen) atoms. The normalized spacial score (nSPS) is 10.8. The largest absolute Gasteiger partial charge is 0.383 e. The maximum absolute atomic E-state index is 12.7. The van der Waals surface area contributed by atoms with E-state index in [-0.39, 0.29) is 23.1 Å². The fraction of sp³-hybridized carbons (Fsp3) is 0.182. The second kappa shape index (κ2) is 8.91. The number of nitrogens with zero attached hydrogens (tertiary/aromatic N) is 7. The van der Waals surface area contributed by atoms with Gasteiger partial charge in [0.25, 0.3) is 11.4 Å². The molecule has 0 aliphatic carbocycles.